The zero-order valence-electron chi connectivity index (χ0n) is 11.2. The van der Waals surface area contributed by atoms with Crippen molar-refractivity contribution in [3.63, 3.8) is 0 Å². The fraction of sp³-hybridized carbons (Fsp3) is 0.571. The zero-order valence-corrected chi connectivity index (χ0v) is 11.9. The van der Waals surface area contributed by atoms with Crippen molar-refractivity contribution >= 4 is 11.6 Å². The molecule has 0 saturated carbocycles. The summed E-state index contributed by atoms with van der Waals surface area (Å²) in [6.45, 7) is 5.79. The van der Waals surface area contributed by atoms with Crippen LogP contribution >= 0.6 is 11.6 Å². The monoisotopic (exact) mass is 273 g/mol. The van der Waals surface area contributed by atoms with Gasteiger partial charge in [-0.15, -0.1) is 0 Å². The van der Waals surface area contributed by atoms with E-state index in [1.54, 1.807) is 19.2 Å². The van der Waals surface area contributed by atoms with E-state index < -0.39 is 0 Å². The first-order chi connectivity index (χ1) is 8.60. The molecule has 1 aromatic rings. The van der Waals surface area contributed by atoms with Gasteiger partial charge in [-0.25, -0.2) is 4.39 Å². The normalized spacial score (nSPS) is 14.5. The van der Waals surface area contributed by atoms with Gasteiger partial charge in [0.05, 0.1) is 5.02 Å². The van der Waals surface area contributed by atoms with E-state index in [-0.39, 0.29) is 16.9 Å². The highest BCUT2D eigenvalue weighted by molar-refractivity contribution is 6.30. The second-order valence-corrected chi connectivity index (χ2v) is 4.87. The highest BCUT2D eigenvalue weighted by Gasteiger charge is 2.19. The Bertz CT molecular complexity index is 373. The summed E-state index contributed by atoms with van der Waals surface area (Å²) in [5.41, 5.74) is 1.02. The summed E-state index contributed by atoms with van der Waals surface area (Å²) in [7, 11) is 1.70. The Morgan fingerprint density at radius 2 is 2.17 bits per heavy atom. The van der Waals surface area contributed by atoms with E-state index >= 15 is 0 Å². The Kier molecular flexibility index (Phi) is 6.61. The molecule has 1 rings (SSSR count). The summed E-state index contributed by atoms with van der Waals surface area (Å²) in [6, 6.07) is 5.08. The standard InChI is InChI=1S/C14H21ClFNO/c1-4-17-14(10(2)7-8-18-3)11-5-6-13(16)12(15)9-11/h5-6,9-10,14,17H,4,7-8H2,1-3H3. The molecule has 0 spiro atoms. The van der Waals surface area contributed by atoms with Crippen LogP contribution in [-0.2, 0) is 4.74 Å². The average Bonchev–Trinajstić information content (AvgIpc) is 2.36. The molecule has 2 nitrogen and oxygen atoms in total. The Hall–Kier alpha value is -0.640. The van der Waals surface area contributed by atoms with Gasteiger partial charge in [0.2, 0.25) is 0 Å². The van der Waals surface area contributed by atoms with Crippen LogP contribution in [0.3, 0.4) is 0 Å². The summed E-state index contributed by atoms with van der Waals surface area (Å²) in [5, 5.41) is 3.59. The lowest BCUT2D eigenvalue weighted by molar-refractivity contribution is 0.170. The summed E-state index contributed by atoms with van der Waals surface area (Å²) >= 11 is 5.84. The molecular formula is C14H21ClFNO. The van der Waals surface area contributed by atoms with Crippen molar-refractivity contribution in [2.45, 2.75) is 26.3 Å². The molecule has 4 heteroatoms. The zero-order chi connectivity index (χ0) is 13.5. The van der Waals surface area contributed by atoms with Crippen molar-refractivity contribution in [2.24, 2.45) is 5.92 Å². The Labute approximate surface area is 113 Å². The summed E-state index contributed by atoms with van der Waals surface area (Å²) in [4.78, 5) is 0. The van der Waals surface area contributed by atoms with Crippen LogP contribution in [0.5, 0.6) is 0 Å². The molecule has 0 fully saturated rings. The first-order valence-corrected chi connectivity index (χ1v) is 6.65. The molecule has 0 radical (unpaired) electrons. The second-order valence-electron chi connectivity index (χ2n) is 4.47. The summed E-state index contributed by atoms with van der Waals surface area (Å²) in [5.74, 6) is 0.0200. The van der Waals surface area contributed by atoms with Gasteiger partial charge < -0.3 is 10.1 Å². The lowest BCUT2D eigenvalue weighted by Crippen LogP contribution is -2.27. The van der Waals surface area contributed by atoms with Crippen LogP contribution in [0.1, 0.15) is 31.9 Å². The van der Waals surface area contributed by atoms with Crippen molar-refractivity contribution in [3.8, 4) is 0 Å². The molecule has 2 atom stereocenters. The Morgan fingerprint density at radius 3 is 2.72 bits per heavy atom. The van der Waals surface area contributed by atoms with E-state index in [9.17, 15) is 4.39 Å². The van der Waals surface area contributed by atoms with Crippen molar-refractivity contribution in [1.29, 1.82) is 0 Å². The maximum atomic E-state index is 13.2. The molecule has 0 heterocycles. The van der Waals surface area contributed by atoms with Gasteiger partial charge in [0.1, 0.15) is 5.82 Å². The predicted octanol–water partition coefficient (Wildman–Crippen LogP) is 3.80. The molecule has 1 aromatic carbocycles. The van der Waals surface area contributed by atoms with E-state index in [1.165, 1.54) is 6.07 Å². The quantitative estimate of drug-likeness (QED) is 0.816. The SMILES string of the molecule is CCNC(c1ccc(F)c(Cl)c1)C(C)CCOC. The van der Waals surface area contributed by atoms with Crippen molar-refractivity contribution in [1.82, 2.24) is 5.32 Å². The van der Waals surface area contributed by atoms with E-state index in [0.717, 1.165) is 25.1 Å². The highest BCUT2D eigenvalue weighted by Crippen LogP contribution is 2.27. The van der Waals surface area contributed by atoms with Gasteiger partial charge >= 0.3 is 0 Å². The predicted molar refractivity (Wildman–Crippen MR) is 73.5 cm³/mol. The third-order valence-corrected chi connectivity index (χ3v) is 3.36. The molecular weight excluding hydrogens is 253 g/mol. The van der Waals surface area contributed by atoms with Crippen molar-refractivity contribution < 1.29 is 9.13 Å². The number of halogens is 2. The van der Waals surface area contributed by atoms with Crippen LogP contribution < -0.4 is 5.32 Å². The number of rotatable bonds is 7. The minimum atomic E-state index is -0.375. The number of hydrogen-bond acceptors (Lipinski definition) is 2. The molecule has 18 heavy (non-hydrogen) atoms. The Morgan fingerprint density at radius 1 is 1.44 bits per heavy atom. The smallest absolute Gasteiger partial charge is 0.141 e. The van der Waals surface area contributed by atoms with Gasteiger partial charge in [0, 0.05) is 19.8 Å². The van der Waals surface area contributed by atoms with E-state index in [0.29, 0.717) is 5.92 Å². The molecule has 0 aliphatic carbocycles. The molecule has 0 bridgehead atoms. The highest BCUT2D eigenvalue weighted by atomic mass is 35.5. The number of ether oxygens (including phenoxy) is 1. The maximum absolute atomic E-state index is 13.2. The van der Waals surface area contributed by atoms with Gasteiger partial charge in [-0.2, -0.15) is 0 Å². The topological polar surface area (TPSA) is 21.3 Å². The molecule has 2 unspecified atom stereocenters. The van der Waals surface area contributed by atoms with Crippen molar-refractivity contribution in [2.75, 3.05) is 20.3 Å². The number of nitrogens with one attached hydrogen (secondary N) is 1. The first-order valence-electron chi connectivity index (χ1n) is 6.27. The van der Waals surface area contributed by atoms with Gasteiger partial charge in [-0.3, -0.25) is 0 Å². The molecule has 0 saturated heterocycles. The fourth-order valence-electron chi connectivity index (χ4n) is 2.04. The summed E-state index contributed by atoms with van der Waals surface area (Å²) < 4.78 is 18.3. The molecule has 0 aliphatic heterocycles. The van der Waals surface area contributed by atoms with Gasteiger partial charge in [-0.1, -0.05) is 31.5 Å². The maximum Gasteiger partial charge on any atom is 0.141 e. The van der Waals surface area contributed by atoms with E-state index in [1.807, 2.05) is 0 Å². The van der Waals surface area contributed by atoms with Gasteiger partial charge in [0.25, 0.3) is 0 Å². The van der Waals surface area contributed by atoms with E-state index in [4.69, 9.17) is 16.3 Å². The number of benzene rings is 1. The van der Waals surface area contributed by atoms with Gasteiger partial charge in [0.15, 0.2) is 0 Å². The average molecular weight is 274 g/mol. The van der Waals surface area contributed by atoms with Crippen LogP contribution in [0.4, 0.5) is 4.39 Å². The lowest BCUT2D eigenvalue weighted by atomic mass is 9.92. The minimum absolute atomic E-state index is 0.170. The van der Waals surface area contributed by atoms with Crippen LogP contribution in [0.2, 0.25) is 5.02 Å². The lowest BCUT2D eigenvalue weighted by Gasteiger charge is -2.25. The second kappa shape index (κ2) is 7.72. The Balaban J connectivity index is 2.85. The molecule has 1 N–H and O–H groups in total. The fourth-order valence-corrected chi connectivity index (χ4v) is 2.23. The van der Waals surface area contributed by atoms with Crippen LogP contribution in [-0.4, -0.2) is 20.3 Å². The summed E-state index contributed by atoms with van der Waals surface area (Å²) in [6.07, 6.45) is 0.948. The molecule has 0 amide bonds. The molecule has 102 valence electrons. The molecule has 0 aliphatic rings. The third-order valence-electron chi connectivity index (χ3n) is 3.07. The van der Waals surface area contributed by atoms with E-state index in [2.05, 4.69) is 19.2 Å². The van der Waals surface area contributed by atoms with Crippen molar-refractivity contribution in [3.05, 3.63) is 34.6 Å². The number of hydrogen-bond donors (Lipinski definition) is 1. The van der Waals surface area contributed by atoms with Crippen LogP contribution in [0.25, 0.3) is 0 Å². The minimum Gasteiger partial charge on any atom is -0.385 e. The van der Waals surface area contributed by atoms with Crippen LogP contribution in [0, 0.1) is 11.7 Å². The third kappa shape index (κ3) is 4.23. The molecule has 0 aromatic heterocycles. The first kappa shape index (κ1) is 15.4. The van der Waals surface area contributed by atoms with Gasteiger partial charge in [-0.05, 0) is 36.6 Å². The number of methoxy groups -OCH3 is 1. The largest absolute Gasteiger partial charge is 0.385 e. The van der Waals surface area contributed by atoms with Crippen LogP contribution in [0.15, 0.2) is 18.2 Å².